The van der Waals surface area contributed by atoms with Crippen molar-refractivity contribution in [2.45, 2.75) is 6.04 Å². The number of benzene rings is 3. The van der Waals surface area contributed by atoms with Crippen LogP contribution in [0.1, 0.15) is 17.2 Å². The van der Waals surface area contributed by atoms with Gasteiger partial charge in [-0.25, -0.2) is 0 Å². The van der Waals surface area contributed by atoms with Gasteiger partial charge in [0.15, 0.2) is 6.54 Å². The summed E-state index contributed by atoms with van der Waals surface area (Å²) >= 11 is 0. The van der Waals surface area contributed by atoms with Crippen molar-refractivity contribution in [1.29, 1.82) is 0 Å². The van der Waals surface area contributed by atoms with Crippen LogP contribution < -0.4 is 19.7 Å². The van der Waals surface area contributed by atoms with E-state index in [1.165, 1.54) is 11.1 Å². The van der Waals surface area contributed by atoms with E-state index in [9.17, 15) is 4.79 Å². The standard InChI is InChI=1S/C24H26N2O3/c1-26(17-23(27)25-21-15-14-20(28-2)16-22(21)29-3)24(18-10-6-4-7-11-18)19-12-8-5-9-13-19/h4-16,24H,17H2,1-3H3,(H,25,27)/p+1. The molecule has 2 N–H and O–H groups in total. The highest BCUT2D eigenvalue weighted by molar-refractivity contribution is 5.93. The number of likely N-dealkylation sites (N-methyl/N-ethyl adjacent to an activating group) is 1. The molecule has 1 unspecified atom stereocenters. The Morgan fingerprint density at radius 2 is 1.48 bits per heavy atom. The lowest BCUT2D eigenvalue weighted by molar-refractivity contribution is -0.897. The molecule has 1 amide bonds. The number of carbonyl (C=O) groups is 1. The fourth-order valence-electron chi connectivity index (χ4n) is 3.50. The zero-order valence-electron chi connectivity index (χ0n) is 17.0. The van der Waals surface area contributed by atoms with E-state index in [2.05, 4.69) is 29.6 Å². The molecule has 0 saturated heterocycles. The third-order valence-corrected chi connectivity index (χ3v) is 4.88. The van der Waals surface area contributed by atoms with E-state index < -0.39 is 0 Å². The number of nitrogens with one attached hydrogen (secondary N) is 2. The Kier molecular flexibility index (Phi) is 6.87. The summed E-state index contributed by atoms with van der Waals surface area (Å²) < 4.78 is 10.6. The summed E-state index contributed by atoms with van der Waals surface area (Å²) in [5, 5.41) is 2.96. The fraction of sp³-hybridized carbons (Fsp3) is 0.208. The Labute approximate surface area is 171 Å². The van der Waals surface area contributed by atoms with Crippen LogP contribution >= 0.6 is 0 Å². The van der Waals surface area contributed by atoms with Gasteiger partial charge in [-0.3, -0.25) is 4.79 Å². The van der Waals surface area contributed by atoms with Gasteiger partial charge in [0, 0.05) is 17.2 Å². The quantitative estimate of drug-likeness (QED) is 0.621. The van der Waals surface area contributed by atoms with Gasteiger partial charge < -0.3 is 19.7 Å². The van der Waals surface area contributed by atoms with E-state index in [1.807, 2.05) is 43.4 Å². The number of rotatable bonds is 8. The third kappa shape index (κ3) is 5.15. The molecule has 1 atom stereocenters. The van der Waals surface area contributed by atoms with Crippen LogP contribution in [0.5, 0.6) is 11.5 Å². The van der Waals surface area contributed by atoms with Crippen molar-refractivity contribution in [1.82, 2.24) is 0 Å². The molecule has 5 heteroatoms. The Balaban J connectivity index is 1.78. The molecule has 3 aromatic carbocycles. The molecule has 0 aliphatic carbocycles. The maximum atomic E-state index is 12.8. The van der Waals surface area contributed by atoms with Gasteiger partial charge >= 0.3 is 0 Å². The van der Waals surface area contributed by atoms with E-state index in [-0.39, 0.29) is 11.9 Å². The second-order valence-corrected chi connectivity index (χ2v) is 6.89. The maximum absolute atomic E-state index is 12.8. The predicted octanol–water partition coefficient (Wildman–Crippen LogP) is 2.95. The average Bonchev–Trinajstić information content (AvgIpc) is 2.75. The molecule has 0 bridgehead atoms. The highest BCUT2D eigenvalue weighted by Crippen LogP contribution is 2.28. The van der Waals surface area contributed by atoms with Gasteiger partial charge in [0.2, 0.25) is 0 Å². The molecule has 0 fully saturated rings. The maximum Gasteiger partial charge on any atom is 0.279 e. The van der Waals surface area contributed by atoms with E-state index in [1.54, 1.807) is 32.4 Å². The number of quaternary nitrogens is 1. The Hall–Kier alpha value is -3.31. The second-order valence-electron chi connectivity index (χ2n) is 6.89. The summed E-state index contributed by atoms with van der Waals surface area (Å²) in [6, 6.07) is 25.9. The van der Waals surface area contributed by atoms with E-state index >= 15 is 0 Å². The number of methoxy groups -OCH3 is 2. The van der Waals surface area contributed by atoms with Crippen molar-refractivity contribution in [3.05, 3.63) is 90.0 Å². The normalized spacial score (nSPS) is 11.7. The second kappa shape index (κ2) is 9.75. The van der Waals surface area contributed by atoms with Gasteiger partial charge in [-0.1, -0.05) is 60.7 Å². The molecule has 0 heterocycles. The molecule has 29 heavy (non-hydrogen) atoms. The molecule has 0 aliphatic heterocycles. The van der Waals surface area contributed by atoms with Crippen molar-refractivity contribution in [3.63, 3.8) is 0 Å². The van der Waals surface area contributed by atoms with Crippen LogP contribution in [0.25, 0.3) is 0 Å². The molecule has 5 nitrogen and oxygen atoms in total. The molecule has 3 aromatic rings. The minimum Gasteiger partial charge on any atom is -0.497 e. The molecule has 150 valence electrons. The Morgan fingerprint density at radius 1 is 0.897 bits per heavy atom. The van der Waals surface area contributed by atoms with Gasteiger partial charge in [-0.2, -0.15) is 0 Å². The zero-order chi connectivity index (χ0) is 20.6. The molecular weight excluding hydrogens is 364 g/mol. The summed E-state index contributed by atoms with van der Waals surface area (Å²) in [7, 11) is 5.21. The van der Waals surface area contributed by atoms with Crippen LogP contribution in [-0.2, 0) is 4.79 Å². The number of ether oxygens (including phenoxy) is 2. The molecule has 3 rings (SSSR count). The first-order valence-electron chi connectivity index (χ1n) is 9.56. The first kappa shape index (κ1) is 20.4. The largest absolute Gasteiger partial charge is 0.497 e. The number of amides is 1. The monoisotopic (exact) mass is 391 g/mol. The van der Waals surface area contributed by atoms with E-state index in [4.69, 9.17) is 9.47 Å². The molecular formula is C24H27N2O3+. The van der Waals surface area contributed by atoms with Gasteiger partial charge in [0.1, 0.15) is 17.5 Å². The predicted molar refractivity (Wildman–Crippen MR) is 115 cm³/mol. The minimum absolute atomic E-state index is 0.0564. The van der Waals surface area contributed by atoms with Crippen LogP contribution in [0.2, 0.25) is 0 Å². The molecule has 0 aliphatic rings. The highest BCUT2D eigenvalue weighted by Gasteiger charge is 2.25. The number of hydrogen-bond donors (Lipinski definition) is 2. The molecule has 0 spiro atoms. The van der Waals surface area contributed by atoms with Crippen molar-refractivity contribution in [2.24, 2.45) is 0 Å². The molecule has 0 saturated carbocycles. The molecule has 0 radical (unpaired) electrons. The van der Waals surface area contributed by atoms with Gasteiger partial charge in [-0.05, 0) is 12.1 Å². The summed E-state index contributed by atoms with van der Waals surface area (Å²) in [6.45, 7) is 0.309. The summed E-state index contributed by atoms with van der Waals surface area (Å²) in [6.07, 6.45) is 0. The SMILES string of the molecule is COc1ccc(NC(=O)C[NH+](C)C(c2ccccc2)c2ccccc2)c(OC)c1. The zero-order valence-corrected chi connectivity index (χ0v) is 17.0. The lowest BCUT2D eigenvalue weighted by Gasteiger charge is -2.25. The lowest BCUT2D eigenvalue weighted by atomic mass is 9.97. The van der Waals surface area contributed by atoms with Crippen LogP contribution in [0, 0.1) is 0 Å². The Morgan fingerprint density at radius 3 is 2.00 bits per heavy atom. The number of carbonyl (C=O) groups excluding carboxylic acids is 1. The van der Waals surface area contributed by atoms with Crippen LogP contribution in [0.4, 0.5) is 5.69 Å². The van der Waals surface area contributed by atoms with Crippen LogP contribution in [-0.4, -0.2) is 33.7 Å². The lowest BCUT2D eigenvalue weighted by Crippen LogP contribution is -3.10. The highest BCUT2D eigenvalue weighted by atomic mass is 16.5. The van der Waals surface area contributed by atoms with Crippen molar-refractivity contribution in [2.75, 3.05) is 33.1 Å². The molecule has 0 aromatic heterocycles. The van der Waals surface area contributed by atoms with Crippen LogP contribution in [0.15, 0.2) is 78.9 Å². The topological polar surface area (TPSA) is 52.0 Å². The smallest absolute Gasteiger partial charge is 0.279 e. The number of anilines is 1. The van der Waals surface area contributed by atoms with Gasteiger partial charge in [0.05, 0.1) is 27.0 Å². The van der Waals surface area contributed by atoms with Crippen molar-refractivity contribution < 1.29 is 19.2 Å². The minimum atomic E-state index is -0.0807. The fourth-order valence-corrected chi connectivity index (χ4v) is 3.50. The van der Waals surface area contributed by atoms with Gasteiger partial charge in [0.25, 0.3) is 5.91 Å². The number of hydrogen-bond acceptors (Lipinski definition) is 3. The van der Waals surface area contributed by atoms with Gasteiger partial charge in [-0.15, -0.1) is 0 Å². The summed E-state index contributed by atoms with van der Waals surface area (Å²) in [5.74, 6) is 1.16. The van der Waals surface area contributed by atoms with Crippen molar-refractivity contribution >= 4 is 11.6 Å². The summed E-state index contributed by atoms with van der Waals surface area (Å²) in [5.41, 5.74) is 2.97. The first-order valence-corrected chi connectivity index (χ1v) is 9.56. The van der Waals surface area contributed by atoms with Crippen LogP contribution in [0.3, 0.4) is 0 Å². The van der Waals surface area contributed by atoms with E-state index in [0.717, 1.165) is 4.90 Å². The Bertz CT molecular complexity index is 890. The summed E-state index contributed by atoms with van der Waals surface area (Å²) in [4.78, 5) is 13.9. The average molecular weight is 391 g/mol. The van der Waals surface area contributed by atoms with Crippen molar-refractivity contribution in [3.8, 4) is 11.5 Å². The first-order chi connectivity index (χ1) is 14.1. The van der Waals surface area contributed by atoms with E-state index in [0.29, 0.717) is 23.7 Å². The third-order valence-electron chi connectivity index (χ3n) is 4.88.